The van der Waals surface area contributed by atoms with Crippen LogP contribution in [0, 0.1) is 6.92 Å². The Hall–Kier alpha value is -1.58. The van der Waals surface area contributed by atoms with Gasteiger partial charge in [-0.25, -0.2) is 4.98 Å². The number of nitrogens with one attached hydrogen (secondary N) is 1. The fourth-order valence-electron chi connectivity index (χ4n) is 1.44. The van der Waals surface area contributed by atoms with Crippen LogP contribution in [-0.2, 0) is 0 Å². The van der Waals surface area contributed by atoms with Gasteiger partial charge in [0, 0.05) is 6.20 Å². The Labute approximate surface area is 115 Å². The predicted molar refractivity (Wildman–Crippen MR) is 73.4 cm³/mol. The minimum absolute atomic E-state index is 0.272. The molecule has 0 saturated heterocycles. The molecule has 3 nitrogen and oxygen atoms in total. The van der Waals surface area contributed by atoms with Gasteiger partial charge < -0.3 is 5.32 Å². The first-order chi connectivity index (χ1) is 8.56. The Morgan fingerprint density at radius 1 is 1.22 bits per heavy atom. The quantitative estimate of drug-likeness (QED) is 0.847. The van der Waals surface area contributed by atoms with Crippen molar-refractivity contribution in [1.29, 1.82) is 0 Å². The van der Waals surface area contributed by atoms with Gasteiger partial charge in [0.2, 0.25) is 0 Å². The van der Waals surface area contributed by atoms with Crippen LogP contribution in [0.4, 0.5) is 5.69 Å². The summed E-state index contributed by atoms with van der Waals surface area (Å²) in [5, 5.41) is 3.58. The summed E-state index contributed by atoms with van der Waals surface area (Å²) < 4.78 is 0. The van der Waals surface area contributed by atoms with Gasteiger partial charge in [-0.05, 0) is 36.8 Å². The van der Waals surface area contributed by atoms with E-state index in [2.05, 4.69) is 10.3 Å². The van der Waals surface area contributed by atoms with Crippen LogP contribution >= 0.6 is 23.2 Å². The minimum Gasteiger partial charge on any atom is -0.321 e. The van der Waals surface area contributed by atoms with Gasteiger partial charge in [-0.3, -0.25) is 4.79 Å². The summed E-state index contributed by atoms with van der Waals surface area (Å²) in [5.74, 6) is -0.272. The number of nitrogens with zero attached hydrogens (tertiary/aromatic N) is 1. The van der Waals surface area contributed by atoms with Crippen LogP contribution in [0.5, 0.6) is 0 Å². The lowest BCUT2D eigenvalue weighted by Crippen LogP contribution is -2.12. The third kappa shape index (κ3) is 3.00. The first kappa shape index (κ1) is 12.9. The number of hydrogen-bond acceptors (Lipinski definition) is 2. The normalized spacial score (nSPS) is 10.2. The lowest BCUT2D eigenvalue weighted by atomic mass is 10.2. The van der Waals surface area contributed by atoms with E-state index in [4.69, 9.17) is 23.2 Å². The molecule has 2 aromatic rings. The minimum atomic E-state index is -0.272. The van der Waals surface area contributed by atoms with Gasteiger partial charge in [-0.15, -0.1) is 0 Å². The Kier molecular flexibility index (Phi) is 3.84. The van der Waals surface area contributed by atoms with E-state index in [1.807, 2.05) is 19.1 Å². The fourth-order valence-corrected chi connectivity index (χ4v) is 1.72. The Morgan fingerprint density at radius 2 is 2.00 bits per heavy atom. The van der Waals surface area contributed by atoms with E-state index < -0.39 is 0 Å². The lowest BCUT2D eigenvalue weighted by molar-refractivity contribution is 0.102. The average molecular weight is 281 g/mol. The molecule has 0 aliphatic rings. The second-order valence-corrected chi connectivity index (χ2v) is 4.60. The maximum absolute atomic E-state index is 11.9. The van der Waals surface area contributed by atoms with Gasteiger partial charge >= 0.3 is 0 Å². The number of benzene rings is 1. The standard InChI is InChI=1S/C13H10Cl2N2O/c1-8-2-4-10(14)11(6-8)17-13(18)9-3-5-12(15)16-7-9/h2-7H,1H3,(H,17,18). The molecule has 5 heteroatoms. The molecule has 1 aromatic carbocycles. The highest BCUT2D eigenvalue weighted by molar-refractivity contribution is 6.34. The molecule has 0 spiro atoms. The molecular formula is C13H10Cl2N2O. The average Bonchev–Trinajstić information content (AvgIpc) is 2.34. The number of rotatable bonds is 2. The lowest BCUT2D eigenvalue weighted by Gasteiger charge is -2.08. The Bertz CT molecular complexity index is 582. The SMILES string of the molecule is Cc1ccc(Cl)c(NC(=O)c2ccc(Cl)nc2)c1. The van der Waals surface area contributed by atoms with Crippen LogP contribution in [0.1, 0.15) is 15.9 Å². The number of pyridine rings is 1. The van der Waals surface area contributed by atoms with Crippen molar-refractivity contribution in [3.05, 3.63) is 57.8 Å². The molecule has 18 heavy (non-hydrogen) atoms. The van der Waals surface area contributed by atoms with Crippen molar-refractivity contribution in [1.82, 2.24) is 4.98 Å². The van der Waals surface area contributed by atoms with Crippen LogP contribution in [0.15, 0.2) is 36.5 Å². The number of halogens is 2. The van der Waals surface area contributed by atoms with E-state index >= 15 is 0 Å². The summed E-state index contributed by atoms with van der Waals surface area (Å²) in [6.07, 6.45) is 1.42. The second-order valence-electron chi connectivity index (χ2n) is 3.81. The van der Waals surface area contributed by atoms with Gasteiger partial charge in [-0.1, -0.05) is 29.3 Å². The molecule has 92 valence electrons. The Morgan fingerprint density at radius 3 is 2.67 bits per heavy atom. The third-order valence-corrected chi connectivity index (χ3v) is 2.91. The first-order valence-corrected chi connectivity index (χ1v) is 6.01. The summed E-state index contributed by atoms with van der Waals surface area (Å²) in [5.41, 5.74) is 2.03. The molecule has 1 amide bonds. The van der Waals surface area contributed by atoms with Gasteiger partial charge in [-0.2, -0.15) is 0 Å². The molecular weight excluding hydrogens is 271 g/mol. The van der Waals surface area contributed by atoms with E-state index in [0.29, 0.717) is 21.4 Å². The van der Waals surface area contributed by atoms with E-state index in [0.717, 1.165) is 5.56 Å². The van der Waals surface area contributed by atoms with Crippen molar-refractivity contribution in [3.8, 4) is 0 Å². The van der Waals surface area contributed by atoms with Crippen molar-refractivity contribution < 1.29 is 4.79 Å². The highest BCUT2D eigenvalue weighted by atomic mass is 35.5. The van der Waals surface area contributed by atoms with Crippen molar-refractivity contribution in [3.63, 3.8) is 0 Å². The first-order valence-electron chi connectivity index (χ1n) is 5.25. The summed E-state index contributed by atoms with van der Waals surface area (Å²) in [7, 11) is 0. The zero-order valence-electron chi connectivity index (χ0n) is 9.58. The molecule has 1 aromatic heterocycles. The van der Waals surface area contributed by atoms with Crippen LogP contribution in [0.25, 0.3) is 0 Å². The molecule has 2 rings (SSSR count). The third-order valence-electron chi connectivity index (χ3n) is 2.36. The summed E-state index contributed by atoms with van der Waals surface area (Å²) in [6, 6.07) is 8.60. The highest BCUT2D eigenvalue weighted by Crippen LogP contribution is 2.23. The predicted octanol–water partition coefficient (Wildman–Crippen LogP) is 3.95. The number of carbonyl (C=O) groups excluding carboxylic acids is 1. The number of anilines is 1. The molecule has 0 atom stereocenters. The molecule has 0 aliphatic carbocycles. The van der Waals surface area contributed by atoms with Crippen molar-refractivity contribution >= 4 is 34.8 Å². The molecule has 0 unspecified atom stereocenters. The number of aryl methyl sites for hydroxylation is 1. The monoisotopic (exact) mass is 280 g/mol. The maximum Gasteiger partial charge on any atom is 0.257 e. The van der Waals surface area contributed by atoms with E-state index in [1.54, 1.807) is 18.2 Å². The van der Waals surface area contributed by atoms with Crippen LogP contribution in [0.2, 0.25) is 10.2 Å². The maximum atomic E-state index is 11.9. The van der Waals surface area contributed by atoms with E-state index in [9.17, 15) is 4.79 Å². The largest absolute Gasteiger partial charge is 0.321 e. The topological polar surface area (TPSA) is 42.0 Å². The molecule has 0 aliphatic heterocycles. The zero-order chi connectivity index (χ0) is 13.1. The molecule has 1 N–H and O–H groups in total. The number of hydrogen-bond donors (Lipinski definition) is 1. The Balaban J connectivity index is 2.21. The number of aromatic nitrogens is 1. The van der Waals surface area contributed by atoms with Crippen molar-refractivity contribution in [2.45, 2.75) is 6.92 Å². The molecule has 1 heterocycles. The molecule has 0 radical (unpaired) electrons. The number of carbonyl (C=O) groups is 1. The highest BCUT2D eigenvalue weighted by Gasteiger charge is 2.08. The summed E-state index contributed by atoms with van der Waals surface area (Å²) in [6.45, 7) is 1.93. The molecule has 0 bridgehead atoms. The van der Waals surface area contributed by atoms with Gasteiger partial charge in [0.15, 0.2) is 0 Å². The fraction of sp³-hybridized carbons (Fsp3) is 0.0769. The molecule has 0 saturated carbocycles. The molecule has 0 fully saturated rings. The van der Waals surface area contributed by atoms with E-state index in [-0.39, 0.29) is 5.91 Å². The summed E-state index contributed by atoms with van der Waals surface area (Å²) >= 11 is 11.7. The van der Waals surface area contributed by atoms with Gasteiger partial charge in [0.05, 0.1) is 16.3 Å². The smallest absolute Gasteiger partial charge is 0.257 e. The van der Waals surface area contributed by atoms with E-state index in [1.165, 1.54) is 6.20 Å². The van der Waals surface area contributed by atoms with Crippen molar-refractivity contribution in [2.75, 3.05) is 5.32 Å². The van der Waals surface area contributed by atoms with Crippen LogP contribution in [-0.4, -0.2) is 10.9 Å². The van der Waals surface area contributed by atoms with Crippen LogP contribution in [0.3, 0.4) is 0 Å². The zero-order valence-corrected chi connectivity index (χ0v) is 11.1. The summed E-state index contributed by atoms with van der Waals surface area (Å²) in [4.78, 5) is 15.8. The van der Waals surface area contributed by atoms with Crippen molar-refractivity contribution in [2.24, 2.45) is 0 Å². The van der Waals surface area contributed by atoms with Crippen LogP contribution < -0.4 is 5.32 Å². The number of amides is 1. The second kappa shape index (κ2) is 5.38. The van der Waals surface area contributed by atoms with Gasteiger partial charge in [0.25, 0.3) is 5.91 Å². The van der Waals surface area contributed by atoms with Gasteiger partial charge in [0.1, 0.15) is 5.15 Å².